The number of aromatic nitrogens is 3. The molecule has 1 aliphatic heterocycles. The molecule has 0 saturated heterocycles. The summed E-state index contributed by atoms with van der Waals surface area (Å²) in [5, 5.41) is 4.67. The van der Waals surface area contributed by atoms with Crippen molar-refractivity contribution in [3.05, 3.63) is 174 Å². The van der Waals surface area contributed by atoms with Crippen LogP contribution in [-0.4, -0.2) is 14.5 Å². The first-order valence-electron chi connectivity index (χ1n) is 18.3. The molecule has 3 aliphatic rings. The molecule has 0 amide bonds. The Labute approximate surface area is 304 Å². The van der Waals surface area contributed by atoms with Crippen LogP contribution in [0.2, 0.25) is 0 Å². The van der Waals surface area contributed by atoms with Crippen molar-refractivity contribution in [1.82, 2.24) is 19.9 Å². The van der Waals surface area contributed by atoms with Gasteiger partial charge in [0.1, 0.15) is 0 Å². The Balaban J connectivity index is 1.05. The van der Waals surface area contributed by atoms with Gasteiger partial charge in [0.05, 0.1) is 28.3 Å². The van der Waals surface area contributed by atoms with Gasteiger partial charge in [0.25, 0.3) is 0 Å². The number of pyridine rings is 2. The minimum atomic E-state index is 0.0396. The van der Waals surface area contributed by atoms with E-state index in [2.05, 4.69) is 145 Å². The number of para-hydroxylation sites is 1. The molecule has 0 saturated carbocycles. The van der Waals surface area contributed by atoms with Gasteiger partial charge in [-0.3, -0.25) is 4.98 Å². The van der Waals surface area contributed by atoms with Crippen LogP contribution in [0.3, 0.4) is 0 Å². The van der Waals surface area contributed by atoms with Crippen LogP contribution in [0.15, 0.2) is 151 Å². The van der Waals surface area contributed by atoms with E-state index in [1.54, 1.807) is 5.57 Å². The molecule has 4 heterocycles. The summed E-state index contributed by atoms with van der Waals surface area (Å²) in [6.45, 7) is 5.61. The van der Waals surface area contributed by atoms with Crippen LogP contribution in [0.1, 0.15) is 49.1 Å². The van der Waals surface area contributed by atoms with Crippen LogP contribution in [0.5, 0.6) is 0 Å². The number of nitrogens with one attached hydrogen (secondary N) is 1. The molecular weight excluding hydrogens is 633 g/mol. The lowest BCUT2D eigenvalue weighted by molar-refractivity contribution is 0.607. The van der Waals surface area contributed by atoms with Crippen LogP contribution < -0.4 is 5.32 Å². The number of benzene rings is 4. The van der Waals surface area contributed by atoms with Crippen LogP contribution in [-0.2, 0) is 12.0 Å². The molecule has 4 nitrogen and oxygen atoms in total. The number of allylic oxidation sites excluding steroid dienone is 4. The third-order valence-corrected chi connectivity index (χ3v) is 11.3. The van der Waals surface area contributed by atoms with Crippen molar-refractivity contribution in [3.63, 3.8) is 0 Å². The summed E-state index contributed by atoms with van der Waals surface area (Å²) < 4.78 is 2.36. The molecule has 0 bridgehead atoms. The van der Waals surface area contributed by atoms with E-state index >= 15 is 0 Å². The van der Waals surface area contributed by atoms with Gasteiger partial charge in [-0.25, -0.2) is 4.98 Å². The quantitative estimate of drug-likeness (QED) is 0.198. The zero-order chi connectivity index (χ0) is 34.8. The summed E-state index contributed by atoms with van der Waals surface area (Å²) in [6, 6.07) is 43.9. The van der Waals surface area contributed by atoms with Gasteiger partial charge in [-0.1, -0.05) is 98.3 Å². The minimum Gasteiger partial charge on any atom is -0.387 e. The second kappa shape index (κ2) is 11.9. The number of nitrogens with zero attached hydrogens (tertiary/aromatic N) is 3. The fourth-order valence-corrected chi connectivity index (χ4v) is 8.62. The van der Waals surface area contributed by atoms with Gasteiger partial charge in [-0.2, -0.15) is 0 Å². The summed E-state index contributed by atoms with van der Waals surface area (Å²) in [6.07, 6.45) is 13.0. The first-order valence-corrected chi connectivity index (χ1v) is 18.3. The molecule has 250 valence electrons. The minimum absolute atomic E-state index is 0.0396. The van der Waals surface area contributed by atoms with E-state index in [0.717, 1.165) is 58.8 Å². The van der Waals surface area contributed by atoms with E-state index in [0.29, 0.717) is 0 Å². The third-order valence-electron chi connectivity index (χ3n) is 11.3. The molecule has 2 aliphatic carbocycles. The Morgan fingerprint density at radius 1 is 0.673 bits per heavy atom. The summed E-state index contributed by atoms with van der Waals surface area (Å²) in [5.74, 6) is 0. The number of hydrogen-bond acceptors (Lipinski definition) is 3. The Bertz CT molecular complexity index is 2630. The highest BCUT2D eigenvalue weighted by molar-refractivity contribution is 5.91. The highest BCUT2D eigenvalue weighted by Crippen LogP contribution is 2.51. The number of rotatable bonds is 5. The van der Waals surface area contributed by atoms with Crippen LogP contribution in [0.25, 0.3) is 73.1 Å². The molecule has 0 spiro atoms. The van der Waals surface area contributed by atoms with Gasteiger partial charge < -0.3 is 9.88 Å². The zero-order valence-electron chi connectivity index (χ0n) is 29.4. The van der Waals surface area contributed by atoms with Crippen molar-refractivity contribution in [2.45, 2.75) is 38.6 Å². The fourth-order valence-electron chi connectivity index (χ4n) is 8.62. The predicted molar refractivity (Wildman–Crippen MR) is 215 cm³/mol. The Morgan fingerprint density at radius 2 is 1.46 bits per heavy atom. The standard InChI is InChI=1S/C48H38N4/c1-48(2)41-14-5-3-12-37(41)38-22-19-34(27-42(38)48)32-10-9-11-33(26-32)35-28-44(51-45(29-35)43-15-7-8-24-50-43)31-17-20-36(21-18-31)52-46-16-6-4-13-39(46)40-30-49-25-23-47(40)52/h3-4,6-13,15-29,49H,5,14,30H2,1-2H3. The van der Waals surface area contributed by atoms with Gasteiger partial charge in [0.2, 0.25) is 0 Å². The summed E-state index contributed by atoms with van der Waals surface area (Å²) in [4.78, 5) is 9.88. The van der Waals surface area contributed by atoms with E-state index in [9.17, 15) is 0 Å². The molecule has 0 unspecified atom stereocenters. The molecule has 0 radical (unpaired) electrons. The first kappa shape index (κ1) is 30.6. The molecular formula is C48H38N4. The largest absolute Gasteiger partial charge is 0.387 e. The van der Waals surface area contributed by atoms with Crippen LogP contribution in [0.4, 0.5) is 0 Å². The normalized spacial score (nSPS) is 15.3. The smallest absolute Gasteiger partial charge is 0.0899 e. The van der Waals surface area contributed by atoms with E-state index in [1.165, 1.54) is 50.0 Å². The van der Waals surface area contributed by atoms with E-state index in [1.807, 2.05) is 30.6 Å². The molecule has 1 N–H and O–H groups in total. The molecule has 52 heavy (non-hydrogen) atoms. The topological polar surface area (TPSA) is 42.7 Å². The maximum atomic E-state index is 5.18. The highest BCUT2D eigenvalue weighted by Gasteiger charge is 2.37. The first-order chi connectivity index (χ1) is 25.5. The lowest BCUT2D eigenvalue weighted by atomic mass is 9.78. The predicted octanol–water partition coefficient (Wildman–Crippen LogP) is 11.6. The maximum Gasteiger partial charge on any atom is 0.0899 e. The van der Waals surface area contributed by atoms with Crippen molar-refractivity contribution in [1.29, 1.82) is 0 Å². The van der Waals surface area contributed by atoms with E-state index < -0.39 is 0 Å². The van der Waals surface area contributed by atoms with Crippen molar-refractivity contribution in [3.8, 4) is 50.6 Å². The Morgan fingerprint density at radius 3 is 2.33 bits per heavy atom. The second-order valence-electron chi connectivity index (χ2n) is 14.6. The molecule has 4 heteroatoms. The third kappa shape index (κ3) is 4.90. The Hall–Kier alpha value is -6.26. The van der Waals surface area contributed by atoms with Crippen molar-refractivity contribution in [2.24, 2.45) is 0 Å². The van der Waals surface area contributed by atoms with Gasteiger partial charge in [0.15, 0.2) is 0 Å². The molecule has 4 aromatic carbocycles. The van der Waals surface area contributed by atoms with Gasteiger partial charge in [0, 0.05) is 40.4 Å². The van der Waals surface area contributed by atoms with E-state index in [4.69, 9.17) is 9.97 Å². The summed E-state index contributed by atoms with van der Waals surface area (Å²) in [7, 11) is 0. The molecule has 10 rings (SSSR count). The van der Waals surface area contributed by atoms with Crippen molar-refractivity contribution >= 4 is 22.6 Å². The average molecular weight is 671 g/mol. The van der Waals surface area contributed by atoms with Crippen LogP contribution >= 0.6 is 0 Å². The summed E-state index contributed by atoms with van der Waals surface area (Å²) >= 11 is 0. The summed E-state index contributed by atoms with van der Waals surface area (Å²) in [5.41, 5.74) is 19.2. The van der Waals surface area contributed by atoms with Crippen molar-refractivity contribution < 1.29 is 0 Å². The Kier molecular flexibility index (Phi) is 7.00. The average Bonchev–Trinajstić information content (AvgIpc) is 3.66. The lowest BCUT2D eigenvalue weighted by Gasteiger charge is -2.26. The SMILES string of the molecule is CC1(C)C2=C(C=CCC2)c2ccc(-c3cccc(-c4cc(-c5ccc(-n6c7c(c8ccccc86)CNC=C7)cc5)nc(-c5ccccn5)c4)c3)cc21. The molecule has 3 aromatic heterocycles. The number of hydrogen-bond donors (Lipinski definition) is 1. The molecule has 0 atom stereocenters. The molecule has 7 aromatic rings. The maximum absolute atomic E-state index is 5.18. The lowest BCUT2D eigenvalue weighted by Crippen LogP contribution is -2.17. The van der Waals surface area contributed by atoms with Gasteiger partial charge in [-0.05, 0) is 119 Å². The zero-order valence-corrected chi connectivity index (χ0v) is 29.4. The fraction of sp³-hybridized carbons (Fsp3) is 0.125. The highest BCUT2D eigenvalue weighted by atomic mass is 15.0. The van der Waals surface area contributed by atoms with Gasteiger partial charge >= 0.3 is 0 Å². The van der Waals surface area contributed by atoms with Crippen molar-refractivity contribution in [2.75, 3.05) is 0 Å². The second-order valence-corrected chi connectivity index (χ2v) is 14.6. The van der Waals surface area contributed by atoms with Gasteiger partial charge in [-0.15, -0.1) is 0 Å². The number of fused-ring (bicyclic) bond motifs is 5. The van der Waals surface area contributed by atoms with E-state index in [-0.39, 0.29) is 5.41 Å². The molecule has 0 fully saturated rings. The van der Waals surface area contributed by atoms with Crippen LogP contribution in [0, 0.1) is 0 Å². The monoisotopic (exact) mass is 670 g/mol.